The van der Waals surface area contributed by atoms with Crippen molar-refractivity contribution >= 4 is 16.8 Å². The number of halogens is 4. The van der Waals surface area contributed by atoms with Crippen molar-refractivity contribution < 1.29 is 22.4 Å². The largest absolute Gasteiger partial charge is 0.419 e. The zero-order chi connectivity index (χ0) is 25.2. The Labute approximate surface area is 196 Å². The predicted octanol–water partition coefficient (Wildman–Crippen LogP) is 4.04. The highest BCUT2D eigenvalue weighted by Gasteiger charge is 2.36. The average Bonchev–Trinajstić information content (AvgIpc) is 3.34. The van der Waals surface area contributed by atoms with E-state index in [2.05, 4.69) is 4.98 Å². The summed E-state index contributed by atoms with van der Waals surface area (Å²) in [6.45, 7) is 3.61. The molecule has 0 saturated heterocycles. The highest BCUT2D eigenvalue weighted by atomic mass is 19.4. The molecule has 0 saturated carbocycles. The van der Waals surface area contributed by atoms with E-state index in [-0.39, 0.29) is 35.3 Å². The van der Waals surface area contributed by atoms with E-state index in [9.17, 15) is 27.2 Å². The van der Waals surface area contributed by atoms with Crippen LogP contribution in [0, 0.1) is 12.7 Å². The van der Waals surface area contributed by atoms with Gasteiger partial charge in [-0.3, -0.25) is 9.59 Å². The summed E-state index contributed by atoms with van der Waals surface area (Å²) in [6, 6.07) is 4.56. The molecular weight excluding hydrogens is 466 g/mol. The lowest BCUT2D eigenvalue weighted by Crippen LogP contribution is -2.49. The number of hydrogen-bond acceptors (Lipinski definition) is 3. The minimum atomic E-state index is -4.84. The van der Waals surface area contributed by atoms with E-state index >= 15 is 0 Å². The summed E-state index contributed by atoms with van der Waals surface area (Å²) in [6.07, 6.45) is -0.0940. The molecule has 11 heteroatoms. The van der Waals surface area contributed by atoms with Gasteiger partial charge in [0.2, 0.25) is 0 Å². The molecule has 0 N–H and O–H groups in total. The third kappa shape index (κ3) is 3.62. The molecule has 4 aromatic rings. The second-order valence-corrected chi connectivity index (χ2v) is 8.81. The maximum atomic E-state index is 15.0. The van der Waals surface area contributed by atoms with Crippen LogP contribution in [0.5, 0.6) is 0 Å². The Bertz CT molecular complexity index is 1550. The molecule has 4 heterocycles. The quantitative estimate of drug-likeness (QED) is 0.410. The van der Waals surface area contributed by atoms with Crippen LogP contribution in [0.4, 0.5) is 17.6 Å². The van der Waals surface area contributed by atoms with E-state index in [1.54, 1.807) is 37.7 Å². The first-order chi connectivity index (χ1) is 16.5. The van der Waals surface area contributed by atoms with Crippen molar-refractivity contribution in [3.63, 3.8) is 0 Å². The summed E-state index contributed by atoms with van der Waals surface area (Å²) in [7, 11) is 1.61. The van der Waals surface area contributed by atoms with E-state index < -0.39 is 29.5 Å². The van der Waals surface area contributed by atoms with Crippen molar-refractivity contribution in [1.29, 1.82) is 0 Å². The van der Waals surface area contributed by atoms with Gasteiger partial charge in [-0.05, 0) is 43.7 Å². The number of carbonyl (C=O) groups excluding carboxylic acids is 1. The first kappa shape index (κ1) is 22.9. The van der Waals surface area contributed by atoms with Crippen molar-refractivity contribution in [2.45, 2.75) is 39.2 Å². The fourth-order valence-electron chi connectivity index (χ4n) is 4.68. The molecule has 3 aromatic heterocycles. The van der Waals surface area contributed by atoms with E-state index in [1.165, 1.54) is 38.7 Å². The van der Waals surface area contributed by atoms with Gasteiger partial charge in [-0.2, -0.15) is 13.2 Å². The fourth-order valence-corrected chi connectivity index (χ4v) is 4.68. The van der Waals surface area contributed by atoms with Crippen molar-refractivity contribution in [3.8, 4) is 5.69 Å². The fraction of sp³-hybridized carbons (Fsp3) is 0.292. The Hall–Kier alpha value is -3.89. The first-order valence-corrected chi connectivity index (χ1v) is 10.9. The molecule has 0 spiro atoms. The zero-order valence-corrected chi connectivity index (χ0v) is 19.1. The van der Waals surface area contributed by atoms with Gasteiger partial charge in [0.1, 0.15) is 17.2 Å². The van der Waals surface area contributed by atoms with Crippen LogP contribution >= 0.6 is 0 Å². The molecule has 35 heavy (non-hydrogen) atoms. The third-order valence-electron chi connectivity index (χ3n) is 6.42. The smallest absolute Gasteiger partial charge is 0.350 e. The Morgan fingerprint density at radius 2 is 1.86 bits per heavy atom. The van der Waals surface area contributed by atoms with Crippen LogP contribution in [0.1, 0.15) is 34.2 Å². The lowest BCUT2D eigenvalue weighted by molar-refractivity contribution is -0.139. The van der Waals surface area contributed by atoms with Crippen molar-refractivity contribution in [3.05, 3.63) is 81.7 Å². The molecule has 0 radical (unpaired) electrons. The topological polar surface area (TPSA) is 65.1 Å². The number of benzene rings is 1. The van der Waals surface area contributed by atoms with Crippen LogP contribution in [0.3, 0.4) is 0 Å². The monoisotopic (exact) mass is 487 g/mol. The van der Waals surface area contributed by atoms with Crippen LogP contribution in [-0.2, 0) is 26.3 Å². The standard InChI is InChI=1S/C24H21F4N5O2/c1-13-8-31(12-29-13)18-6-7-19-23(35)32(14(2)9-33(19)22(18)34)11-15-10-30(3)17-5-4-16(24(26,27)28)21(25)20(15)17/h4-8,10,12,14H,9,11H2,1-3H3/t14-/m1/s1. The number of carbonyl (C=O) groups is 1. The minimum absolute atomic E-state index is 0.105. The minimum Gasteiger partial charge on any atom is -0.350 e. The molecule has 1 atom stereocenters. The highest BCUT2D eigenvalue weighted by molar-refractivity contribution is 5.94. The number of alkyl halides is 3. The summed E-state index contributed by atoms with van der Waals surface area (Å²) in [5.41, 5.74) is 0.0789. The number of imidazole rings is 1. The van der Waals surface area contributed by atoms with Gasteiger partial charge >= 0.3 is 6.18 Å². The third-order valence-corrected chi connectivity index (χ3v) is 6.42. The van der Waals surface area contributed by atoms with Crippen molar-refractivity contribution in [2.75, 3.05) is 0 Å². The highest BCUT2D eigenvalue weighted by Crippen LogP contribution is 2.36. The zero-order valence-electron chi connectivity index (χ0n) is 19.1. The van der Waals surface area contributed by atoms with Crippen LogP contribution in [-0.4, -0.2) is 35.5 Å². The molecule has 1 aromatic carbocycles. The molecule has 1 aliphatic heterocycles. The number of rotatable bonds is 3. The molecular formula is C24H21F4N5O2. The molecule has 182 valence electrons. The second kappa shape index (κ2) is 7.82. The van der Waals surface area contributed by atoms with E-state index in [0.717, 1.165) is 11.8 Å². The summed E-state index contributed by atoms with van der Waals surface area (Å²) in [5, 5.41) is -0.170. The van der Waals surface area contributed by atoms with E-state index in [1.807, 2.05) is 0 Å². The molecule has 7 nitrogen and oxygen atoms in total. The summed E-state index contributed by atoms with van der Waals surface area (Å²) < 4.78 is 59.4. The lowest BCUT2D eigenvalue weighted by Gasteiger charge is -2.35. The summed E-state index contributed by atoms with van der Waals surface area (Å²) in [4.78, 5) is 32.0. The van der Waals surface area contributed by atoms with Crippen LogP contribution in [0.25, 0.3) is 16.6 Å². The van der Waals surface area contributed by atoms with Crippen LogP contribution in [0.2, 0.25) is 0 Å². The van der Waals surface area contributed by atoms with Crippen LogP contribution < -0.4 is 5.56 Å². The number of fused-ring (bicyclic) bond motifs is 2. The molecule has 1 amide bonds. The van der Waals surface area contributed by atoms with E-state index in [0.29, 0.717) is 11.2 Å². The van der Waals surface area contributed by atoms with Gasteiger partial charge in [0, 0.05) is 44.0 Å². The molecule has 0 aliphatic carbocycles. The number of aryl methyl sites for hydroxylation is 2. The molecule has 0 bridgehead atoms. The van der Waals surface area contributed by atoms with Gasteiger partial charge in [0.25, 0.3) is 11.5 Å². The second-order valence-electron chi connectivity index (χ2n) is 8.81. The normalized spacial score (nSPS) is 16.3. The first-order valence-electron chi connectivity index (χ1n) is 10.9. The maximum absolute atomic E-state index is 15.0. The number of hydrogen-bond donors (Lipinski definition) is 0. The molecule has 0 unspecified atom stereocenters. The molecule has 1 aliphatic rings. The number of aromatic nitrogens is 4. The maximum Gasteiger partial charge on any atom is 0.419 e. The SMILES string of the molecule is Cc1cn(-c2ccc3n(c2=O)C[C@@H](C)N(Cc2cn(C)c4ccc(C(F)(F)F)c(F)c24)C3=O)cn1. The van der Waals surface area contributed by atoms with E-state index in [4.69, 9.17) is 0 Å². The van der Waals surface area contributed by atoms with Crippen molar-refractivity contribution in [2.24, 2.45) is 7.05 Å². The Kier molecular flexibility index (Phi) is 5.11. The van der Waals surface area contributed by atoms with Gasteiger partial charge in [-0.15, -0.1) is 0 Å². The summed E-state index contributed by atoms with van der Waals surface area (Å²) >= 11 is 0. The lowest BCUT2D eigenvalue weighted by atomic mass is 10.1. The van der Waals surface area contributed by atoms with Crippen molar-refractivity contribution in [1.82, 2.24) is 23.6 Å². The Morgan fingerprint density at radius 1 is 1.11 bits per heavy atom. The number of pyridine rings is 1. The Morgan fingerprint density at radius 3 is 2.51 bits per heavy atom. The van der Waals surface area contributed by atoms with Crippen LogP contribution in [0.15, 0.2) is 47.8 Å². The number of amides is 1. The molecule has 0 fully saturated rings. The number of nitrogens with zero attached hydrogens (tertiary/aromatic N) is 5. The summed E-state index contributed by atoms with van der Waals surface area (Å²) in [5.74, 6) is -1.82. The predicted molar refractivity (Wildman–Crippen MR) is 120 cm³/mol. The van der Waals surface area contributed by atoms with Gasteiger partial charge in [0.05, 0.1) is 23.1 Å². The Balaban J connectivity index is 1.55. The molecule has 5 rings (SSSR count). The van der Waals surface area contributed by atoms with Gasteiger partial charge in [-0.1, -0.05) is 0 Å². The van der Waals surface area contributed by atoms with Gasteiger partial charge in [0.15, 0.2) is 0 Å². The van der Waals surface area contributed by atoms with Gasteiger partial charge in [-0.25, -0.2) is 9.37 Å². The van der Waals surface area contributed by atoms with Gasteiger partial charge < -0.3 is 18.6 Å². The average molecular weight is 487 g/mol.